The van der Waals surface area contributed by atoms with Crippen LogP contribution in [0.4, 0.5) is 11.4 Å². The largest absolute Gasteiger partial charge is 0.487 e. The quantitative estimate of drug-likeness (QED) is 0.676. The van der Waals surface area contributed by atoms with Gasteiger partial charge in [0.2, 0.25) is 0 Å². The maximum atomic E-state index is 11.3. The Kier molecular flexibility index (Phi) is 4.44. The number of piperidine rings is 1. The fourth-order valence-corrected chi connectivity index (χ4v) is 2.49. The first-order chi connectivity index (χ1) is 9.54. The van der Waals surface area contributed by atoms with Crippen molar-refractivity contribution in [3.05, 3.63) is 28.3 Å². The molecule has 2 rings (SSSR count). The molecule has 110 valence electrons. The van der Waals surface area contributed by atoms with Crippen molar-refractivity contribution in [2.45, 2.75) is 26.4 Å². The van der Waals surface area contributed by atoms with Crippen LogP contribution in [0.3, 0.4) is 0 Å². The van der Waals surface area contributed by atoms with Crippen LogP contribution in [0, 0.1) is 16.0 Å². The minimum Gasteiger partial charge on any atom is -0.487 e. The smallest absolute Gasteiger partial charge is 0.333 e. The normalized spacial score (nSPS) is 22.6. The highest BCUT2D eigenvalue weighted by molar-refractivity contribution is 5.70. The lowest BCUT2D eigenvalue weighted by molar-refractivity contribution is -0.385. The highest BCUT2D eigenvalue weighted by Gasteiger charge is 2.30. The summed E-state index contributed by atoms with van der Waals surface area (Å²) in [5, 5.41) is 21.3. The lowest BCUT2D eigenvalue weighted by Crippen LogP contribution is -2.43. The maximum Gasteiger partial charge on any atom is 0.333 e. The van der Waals surface area contributed by atoms with Gasteiger partial charge in [0.25, 0.3) is 0 Å². The number of nitrogens with zero attached hydrogens (tertiary/aromatic N) is 2. The summed E-state index contributed by atoms with van der Waals surface area (Å²) in [4.78, 5) is 12.8. The topological polar surface area (TPSA) is 75.8 Å². The molecule has 1 heterocycles. The summed E-state index contributed by atoms with van der Waals surface area (Å²) < 4.78 is 5.35. The molecule has 0 saturated carbocycles. The van der Waals surface area contributed by atoms with E-state index in [1.54, 1.807) is 25.1 Å². The molecular weight excluding hydrogens is 260 g/mol. The monoisotopic (exact) mass is 280 g/mol. The van der Waals surface area contributed by atoms with Crippen LogP contribution in [0.1, 0.15) is 20.3 Å². The molecule has 6 heteroatoms. The zero-order valence-corrected chi connectivity index (χ0v) is 11.8. The Morgan fingerprint density at radius 2 is 2.30 bits per heavy atom. The Morgan fingerprint density at radius 3 is 2.90 bits per heavy atom. The summed E-state index contributed by atoms with van der Waals surface area (Å²) in [5.74, 6) is 0.503. The molecule has 0 aromatic heterocycles. The number of aliphatic hydroxyl groups is 1. The van der Waals surface area contributed by atoms with E-state index in [2.05, 4.69) is 0 Å². The third kappa shape index (κ3) is 2.85. The van der Waals surface area contributed by atoms with E-state index in [9.17, 15) is 15.2 Å². The summed E-state index contributed by atoms with van der Waals surface area (Å²) in [5.41, 5.74) is 0.503. The minimum atomic E-state index is -0.459. The zero-order valence-electron chi connectivity index (χ0n) is 11.8. The van der Waals surface area contributed by atoms with Gasteiger partial charge in [-0.05, 0) is 31.4 Å². The molecule has 0 spiro atoms. The molecule has 1 aliphatic rings. The van der Waals surface area contributed by atoms with E-state index in [1.165, 1.54) is 0 Å². The molecule has 0 bridgehead atoms. The number of nitro groups is 1. The van der Waals surface area contributed by atoms with Gasteiger partial charge >= 0.3 is 5.69 Å². The predicted octanol–water partition coefficient (Wildman–Crippen LogP) is 2.20. The number of benzene rings is 1. The number of β-amino-alcohol motifs (C(OH)–C–C–N with tert-alkyl or cyclic N) is 1. The maximum absolute atomic E-state index is 11.3. The number of rotatable bonds is 4. The Balaban J connectivity index is 2.35. The van der Waals surface area contributed by atoms with Crippen LogP contribution in [-0.4, -0.2) is 35.8 Å². The molecule has 0 amide bonds. The molecule has 6 nitrogen and oxygen atoms in total. The molecule has 20 heavy (non-hydrogen) atoms. The number of aliphatic hydroxyl groups excluding tert-OH is 1. The number of nitro benzene ring substituents is 1. The number of ether oxygens (including phenoxy) is 1. The summed E-state index contributed by atoms with van der Waals surface area (Å²) in [7, 11) is 0. The second kappa shape index (κ2) is 6.09. The fourth-order valence-electron chi connectivity index (χ4n) is 2.49. The fraction of sp³-hybridized carbons (Fsp3) is 0.571. The van der Waals surface area contributed by atoms with Gasteiger partial charge in [-0.3, -0.25) is 10.1 Å². The van der Waals surface area contributed by atoms with Crippen molar-refractivity contribution in [2.75, 3.05) is 24.6 Å². The molecule has 1 aromatic carbocycles. The van der Waals surface area contributed by atoms with Gasteiger partial charge in [-0.1, -0.05) is 13.0 Å². The van der Waals surface area contributed by atoms with E-state index in [4.69, 9.17) is 4.74 Å². The van der Waals surface area contributed by atoms with E-state index in [-0.39, 0.29) is 17.4 Å². The van der Waals surface area contributed by atoms with Crippen LogP contribution in [0.15, 0.2) is 18.2 Å². The lowest BCUT2D eigenvalue weighted by atomic mass is 9.95. The molecule has 1 N–H and O–H groups in total. The first-order valence-electron chi connectivity index (χ1n) is 6.87. The van der Waals surface area contributed by atoms with E-state index in [1.807, 2.05) is 11.8 Å². The van der Waals surface area contributed by atoms with Gasteiger partial charge in [0.15, 0.2) is 5.75 Å². The average Bonchev–Trinajstić information content (AvgIpc) is 2.42. The Bertz CT molecular complexity index is 492. The second-order valence-corrected chi connectivity index (χ2v) is 5.09. The van der Waals surface area contributed by atoms with Gasteiger partial charge < -0.3 is 14.7 Å². The van der Waals surface area contributed by atoms with Gasteiger partial charge in [-0.15, -0.1) is 0 Å². The Labute approximate surface area is 118 Å². The molecule has 1 aromatic rings. The molecule has 0 aliphatic carbocycles. The van der Waals surface area contributed by atoms with Crippen molar-refractivity contribution in [3.8, 4) is 5.75 Å². The highest BCUT2D eigenvalue weighted by Crippen LogP contribution is 2.38. The number of para-hydroxylation sites is 1. The van der Waals surface area contributed by atoms with Crippen molar-refractivity contribution in [1.82, 2.24) is 0 Å². The van der Waals surface area contributed by atoms with E-state index in [0.717, 1.165) is 6.42 Å². The van der Waals surface area contributed by atoms with E-state index < -0.39 is 11.0 Å². The van der Waals surface area contributed by atoms with E-state index in [0.29, 0.717) is 25.4 Å². The van der Waals surface area contributed by atoms with Crippen molar-refractivity contribution >= 4 is 11.4 Å². The minimum absolute atomic E-state index is 0.0175. The molecule has 0 radical (unpaired) electrons. The molecule has 1 aliphatic heterocycles. The predicted molar refractivity (Wildman–Crippen MR) is 76.3 cm³/mol. The van der Waals surface area contributed by atoms with Gasteiger partial charge in [0, 0.05) is 13.1 Å². The van der Waals surface area contributed by atoms with Crippen LogP contribution in [0.2, 0.25) is 0 Å². The SMILES string of the molecule is CCOc1cccc(N2CC[C@@H](C)[C@@H](O)C2)c1[N+](=O)[O-]. The number of hydrogen-bond acceptors (Lipinski definition) is 5. The van der Waals surface area contributed by atoms with Gasteiger partial charge in [-0.25, -0.2) is 0 Å². The van der Waals surface area contributed by atoms with Crippen molar-refractivity contribution in [3.63, 3.8) is 0 Å². The molecule has 1 fully saturated rings. The van der Waals surface area contributed by atoms with Crippen LogP contribution in [0.25, 0.3) is 0 Å². The summed E-state index contributed by atoms with van der Waals surface area (Å²) in [6, 6.07) is 5.06. The molecule has 2 atom stereocenters. The summed E-state index contributed by atoms with van der Waals surface area (Å²) in [6.07, 6.45) is 0.357. The molecule has 1 saturated heterocycles. The lowest BCUT2D eigenvalue weighted by Gasteiger charge is -2.35. The summed E-state index contributed by atoms with van der Waals surface area (Å²) >= 11 is 0. The number of hydrogen-bond donors (Lipinski definition) is 1. The Hall–Kier alpha value is -1.82. The van der Waals surface area contributed by atoms with Gasteiger partial charge in [0.05, 0.1) is 17.6 Å². The third-order valence-electron chi connectivity index (χ3n) is 3.72. The van der Waals surface area contributed by atoms with Crippen molar-refractivity contribution in [2.24, 2.45) is 5.92 Å². The second-order valence-electron chi connectivity index (χ2n) is 5.09. The molecular formula is C14H20N2O4. The number of anilines is 1. The third-order valence-corrected chi connectivity index (χ3v) is 3.72. The van der Waals surface area contributed by atoms with Crippen LogP contribution < -0.4 is 9.64 Å². The first-order valence-corrected chi connectivity index (χ1v) is 6.87. The van der Waals surface area contributed by atoms with E-state index >= 15 is 0 Å². The van der Waals surface area contributed by atoms with Crippen LogP contribution >= 0.6 is 0 Å². The summed E-state index contributed by atoms with van der Waals surface area (Å²) in [6.45, 7) is 5.28. The van der Waals surface area contributed by atoms with Gasteiger partial charge in [0.1, 0.15) is 5.69 Å². The van der Waals surface area contributed by atoms with Crippen molar-refractivity contribution < 1.29 is 14.8 Å². The average molecular weight is 280 g/mol. The van der Waals surface area contributed by atoms with Crippen LogP contribution in [0.5, 0.6) is 5.75 Å². The standard InChI is InChI=1S/C14H20N2O4/c1-3-20-13-6-4-5-11(14(13)16(18)19)15-8-7-10(2)12(17)9-15/h4-6,10,12,17H,3,7-9H2,1-2H3/t10-,12+/m1/s1. The molecule has 0 unspecified atom stereocenters. The Morgan fingerprint density at radius 1 is 1.55 bits per heavy atom. The highest BCUT2D eigenvalue weighted by atomic mass is 16.6. The first kappa shape index (κ1) is 14.6. The van der Waals surface area contributed by atoms with Crippen LogP contribution in [-0.2, 0) is 0 Å². The van der Waals surface area contributed by atoms with Gasteiger partial charge in [-0.2, -0.15) is 0 Å². The zero-order chi connectivity index (χ0) is 14.7. The van der Waals surface area contributed by atoms with Crippen molar-refractivity contribution in [1.29, 1.82) is 0 Å².